The van der Waals surface area contributed by atoms with Crippen LogP contribution in [0.25, 0.3) is 10.9 Å². The number of rotatable bonds is 9. The summed E-state index contributed by atoms with van der Waals surface area (Å²) in [6, 6.07) is 8.75. The predicted octanol–water partition coefficient (Wildman–Crippen LogP) is 2.58. The summed E-state index contributed by atoms with van der Waals surface area (Å²) in [5.74, 6) is 0. The first kappa shape index (κ1) is 16.0. The maximum atomic E-state index is 5.96. The second-order valence-electron chi connectivity index (χ2n) is 5.50. The second kappa shape index (κ2) is 8.17. The van der Waals surface area contributed by atoms with E-state index >= 15 is 0 Å². The first-order valence-corrected chi connectivity index (χ1v) is 7.61. The number of ether oxygens (including phenoxy) is 2. The van der Waals surface area contributed by atoms with E-state index in [1.54, 1.807) is 7.11 Å². The Hall–Kier alpha value is -1.36. The Labute approximate surface area is 126 Å². The van der Waals surface area contributed by atoms with Gasteiger partial charge in [-0.1, -0.05) is 18.2 Å². The molecule has 1 aromatic heterocycles. The lowest BCUT2D eigenvalue weighted by molar-refractivity contribution is 0.0982. The lowest BCUT2D eigenvalue weighted by Gasteiger charge is -2.12. The van der Waals surface area contributed by atoms with E-state index in [-0.39, 0.29) is 6.04 Å². The summed E-state index contributed by atoms with van der Waals surface area (Å²) in [6.07, 6.45) is 3.97. The smallest absolute Gasteiger partial charge is 0.0645 e. The van der Waals surface area contributed by atoms with Gasteiger partial charge in [-0.15, -0.1) is 0 Å². The molecule has 2 rings (SSSR count). The van der Waals surface area contributed by atoms with Crippen molar-refractivity contribution in [3.8, 4) is 0 Å². The van der Waals surface area contributed by atoms with Crippen molar-refractivity contribution in [1.29, 1.82) is 0 Å². The third-order valence-corrected chi connectivity index (χ3v) is 3.53. The fraction of sp³-hybridized carbons (Fsp3) is 0.529. The summed E-state index contributed by atoms with van der Waals surface area (Å²) < 4.78 is 12.9. The van der Waals surface area contributed by atoms with Crippen LogP contribution in [0.2, 0.25) is 0 Å². The Bertz CT molecular complexity index is 549. The third kappa shape index (κ3) is 4.56. The Kier molecular flexibility index (Phi) is 6.23. The highest BCUT2D eigenvalue weighted by molar-refractivity contribution is 5.83. The number of nitrogens with two attached hydrogens (primary N) is 1. The van der Waals surface area contributed by atoms with Gasteiger partial charge in [-0.2, -0.15) is 0 Å². The molecule has 1 unspecified atom stereocenters. The summed E-state index contributed by atoms with van der Waals surface area (Å²) in [5.41, 5.74) is 8.56. The molecule has 1 aromatic carbocycles. The van der Waals surface area contributed by atoms with Crippen molar-refractivity contribution < 1.29 is 9.47 Å². The van der Waals surface area contributed by atoms with Crippen LogP contribution in [-0.4, -0.2) is 37.5 Å². The molecular weight excluding hydrogens is 264 g/mol. The quantitative estimate of drug-likeness (QED) is 0.722. The number of hydrogen-bond acceptors (Lipinski definition) is 3. The number of fused-ring (bicyclic) bond motifs is 1. The highest BCUT2D eigenvalue weighted by Gasteiger charge is 2.08. The zero-order valence-electron chi connectivity index (χ0n) is 13.0. The molecule has 0 saturated carbocycles. The third-order valence-electron chi connectivity index (χ3n) is 3.53. The summed E-state index contributed by atoms with van der Waals surface area (Å²) in [6.45, 7) is 5.14. The first-order valence-electron chi connectivity index (χ1n) is 7.61. The molecule has 1 atom stereocenters. The molecule has 0 aliphatic carbocycles. The van der Waals surface area contributed by atoms with E-state index in [1.807, 2.05) is 6.92 Å². The van der Waals surface area contributed by atoms with Gasteiger partial charge >= 0.3 is 0 Å². The van der Waals surface area contributed by atoms with Crippen molar-refractivity contribution >= 4 is 10.9 Å². The van der Waals surface area contributed by atoms with Crippen molar-refractivity contribution in [3.63, 3.8) is 0 Å². The molecule has 0 radical (unpaired) electrons. The molecule has 2 N–H and O–H groups in total. The molecule has 21 heavy (non-hydrogen) atoms. The summed E-state index contributed by atoms with van der Waals surface area (Å²) in [5, 5.41) is 1.27. The molecule has 0 spiro atoms. The molecule has 0 aliphatic heterocycles. The van der Waals surface area contributed by atoms with Crippen LogP contribution in [-0.2, 0) is 22.4 Å². The zero-order valence-corrected chi connectivity index (χ0v) is 13.0. The Morgan fingerprint density at radius 1 is 1.19 bits per heavy atom. The number of aromatic nitrogens is 1. The molecule has 0 aliphatic rings. The Morgan fingerprint density at radius 3 is 2.81 bits per heavy atom. The predicted molar refractivity (Wildman–Crippen MR) is 86.6 cm³/mol. The maximum Gasteiger partial charge on any atom is 0.0645 e. The topological polar surface area (TPSA) is 49.4 Å². The van der Waals surface area contributed by atoms with Gasteiger partial charge in [0.1, 0.15) is 0 Å². The van der Waals surface area contributed by atoms with Crippen LogP contribution in [0, 0.1) is 0 Å². The van der Waals surface area contributed by atoms with Crippen LogP contribution in [0.15, 0.2) is 30.5 Å². The molecule has 1 heterocycles. The molecule has 0 fully saturated rings. The molecule has 2 aromatic rings. The summed E-state index contributed by atoms with van der Waals surface area (Å²) in [4.78, 5) is 0. The highest BCUT2D eigenvalue weighted by atomic mass is 16.5. The lowest BCUT2D eigenvalue weighted by atomic mass is 10.0. The van der Waals surface area contributed by atoms with E-state index in [4.69, 9.17) is 15.2 Å². The fourth-order valence-electron chi connectivity index (χ4n) is 2.61. The largest absolute Gasteiger partial charge is 0.385 e. The van der Waals surface area contributed by atoms with E-state index in [0.29, 0.717) is 0 Å². The normalized spacial score (nSPS) is 12.9. The number of para-hydroxylation sites is 1. The maximum absolute atomic E-state index is 5.96. The summed E-state index contributed by atoms with van der Waals surface area (Å²) >= 11 is 0. The molecule has 0 saturated heterocycles. The molecule has 116 valence electrons. The molecule has 0 bridgehead atoms. The second-order valence-corrected chi connectivity index (χ2v) is 5.50. The van der Waals surface area contributed by atoms with E-state index in [0.717, 1.165) is 39.2 Å². The Balaban J connectivity index is 1.99. The van der Waals surface area contributed by atoms with E-state index in [1.165, 1.54) is 16.5 Å². The molecular formula is C17H26N2O2. The van der Waals surface area contributed by atoms with Crippen LogP contribution in [0.3, 0.4) is 0 Å². The molecule has 4 nitrogen and oxygen atoms in total. The van der Waals surface area contributed by atoms with Crippen LogP contribution in [0.4, 0.5) is 0 Å². The SMILES string of the molecule is COCCCOCCn1ccc2cccc(CC(C)N)c21. The van der Waals surface area contributed by atoms with Gasteiger partial charge < -0.3 is 19.8 Å². The van der Waals surface area contributed by atoms with E-state index < -0.39 is 0 Å². The molecule has 0 amide bonds. The van der Waals surface area contributed by atoms with Crippen molar-refractivity contribution in [2.45, 2.75) is 32.4 Å². The van der Waals surface area contributed by atoms with Gasteiger partial charge in [0.15, 0.2) is 0 Å². The van der Waals surface area contributed by atoms with Gasteiger partial charge in [0, 0.05) is 39.1 Å². The summed E-state index contributed by atoms with van der Waals surface area (Å²) in [7, 11) is 1.71. The number of benzene rings is 1. The van der Waals surface area contributed by atoms with Gasteiger partial charge in [0.2, 0.25) is 0 Å². The van der Waals surface area contributed by atoms with E-state index in [9.17, 15) is 0 Å². The molecule has 4 heteroatoms. The van der Waals surface area contributed by atoms with E-state index in [2.05, 4.69) is 35.0 Å². The van der Waals surface area contributed by atoms with Gasteiger partial charge in [-0.25, -0.2) is 0 Å². The van der Waals surface area contributed by atoms with Crippen LogP contribution in [0.5, 0.6) is 0 Å². The average molecular weight is 290 g/mol. The highest BCUT2D eigenvalue weighted by Crippen LogP contribution is 2.21. The van der Waals surface area contributed by atoms with Crippen LogP contribution < -0.4 is 5.73 Å². The fourth-order valence-corrected chi connectivity index (χ4v) is 2.61. The van der Waals surface area contributed by atoms with Gasteiger partial charge in [-0.3, -0.25) is 0 Å². The Morgan fingerprint density at radius 2 is 2.05 bits per heavy atom. The van der Waals surface area contributed by atoms with Crippen LogP contribution >= 0.6 is 0 Å². The number of nitrogens with zero attached hydrogens (tertiary/aromatic N) is 1. The van der Waals surface area contributed by atoms with Crippen molar-refractivity contribution in [1.82, 2.24) is 4.57 Å². The van der Waals surface area contributed by atoms with Crippen molar-refractivity contribution in [3.05, 3.63) is 36.0 Å². The van der Waals surface area contributed by atoms with Crippen molar-refractivity contribution in [2.75, 3.05) is 26.9 Å². The first-order chi connectivity index (χ1) is 10.2. The minimum atomic E-state index is 0.171. The minimum Gasteiger partial charge on any atom is -0.385 e. The van der Waals surface area contributed by atoms with Crippen molar-refractivity contribution in [2.24, 2.45) is 5.73 Å². The average Bonchev–Trinajstić information content (AvgIpc) is 2.86. The standard InChI is InChI=1S/C17H26N2O2/c1-14(18)13-16-6-3-5-15-7-8-19(17(15)16)9-12-21-11-4-10-20-2/h3,5-8,14H,4,9-13,18H2,1-2H3. The van der Waals surface area contributed by atoms with Gasteiger partial charge in [-0.05, 0) is 36.8 Å². The van der Waals surface area contributed by atoms with Gasteiger partial charge in [0.25, 0.3) is 0 Å². The van der Waals surface area contributed by atoms with Crippen LogP contribution in [0.1, 0.15) is 18.9 Å². The monoisotopic (exact) mass is 290 g/mol. The minimum absolute atomic E-state index is 0.171. The van der Waals surface area contributed by atoms with Gasteiger partial charge in [0.05, 0.1) is 12.1 Å². The number of hydrogen-bond donors (Lipinski definition) is 1. The number of methoxy groups -OCH3 is 1. The lowest BCUT2D eigenvalue weighted by Crippen LogP contribution is -2.18. The zero-order chi connectivity index (χ0) is 15.1.